The van der Waals surface area contributed by atoms with Crippen LogP contribution in [0.1, 0.15) is 59.3 Å². The fourth-order valence-corrected chi connectivity index (χ4v) is 5.23. The Morgan fingerprint density at radius 2 is 1.40 bits per heavy atom. The molecule has 0 fully saturated rings. The van der Waals surface area contributed by atoms with Crippen molar-refractivity contribution in [3.05, 3.63) is 12.7 Å². The highest BCUT2D eigenvalue weighted by Gasteiger charge is 2.39. The van der Waals surface area contributed by atoms with Crippen LogP contribution in [0.5, 0.6) is 0 Å². The standard InChI is InChI=1S/C19H41NO4Si/c1-5-9-12-17-21-18-13-10-11-15-20-16-14-19-25(22-6-2,23-7-3)24-8-4/h5,20H,1,6-19H2,2-4H3. The number of rotatable bonds is 20. The third-order valence-corrected chi connectivity index (χ3v) is 6.92. The third-order valence-electron chi connectivity index (χ3n) is 3.77. The molecule has 0 aromatic rings. The van der Waals surface area contributed by atoms with Crippen LogP contribution in [-0.2, 0) is 18.0 Å². The van der Waals surface area contributed by atoms with Crippen molar-refractivity contribution < 1.29 is 18.0 Å². The van der Waals surface area contributed by atoms with Crippen LogP contribution in [0.3, 0.4) is 0 Å². The lowest BCUT2D eigenvalue weighted by Crippen LogP contribution is -2.46. The van der Waals surface area contributed by atoms with E-state index in [-0.39, 0.29) is 0 Å². The van der Waals surface area contributed by atoms with Crippen molar-refractivity contribution in [3.63, 3.8) is 0 Å². The Morgan fingerprint density at radius 1 is 0.800 bits per heavy atom. The summed E-state index contributed by atoms with van der Waals surface area (Å²) < 4.78 is 23.2. The highest BCUT2D eigenvalue weighted by atomic mass is 28.4. The van der Waals surface area contributed by atoms with Crippen LogP contribution in [0, 0.1) is 0 Å². The molecule has 5 nitrogen and oxygen atoms in total. The molecule has 0 aromatic heterocycles. The molecule has 0 spiro atoms. The Bertz CT molecular complexity index is 276. The smallest absolute Gasteiger partial charge is 0.381 e. The molecule has 6 heteroatoms. The topological polar surface area (TPSA) is 49.0 Å². The van der Waals surface area contributed by atoms with E-state index in [1.165, 1.54) is 12.8 Å². The monoisotopic (exact) mass is 375 g/mol. The number of hydrogen-bond donors (Lipinski definition) is 1. The first-order valence-corrected chi connectivity index (χ1v) is 12.0. The maximum atomic E-state index is 5.86. The lowest BCUT2D eigenvalue weighted by molar-refractivity contribution is 0.0708. The number of nitrogens with one attached hydrogen (secondary N) is 1. The molecule has 0 aliphatic rings. The molecule has 0 amide bonds. The minimum absolute atomic E-state index is 0.648. The summed E-state index contributed by atoms with van der Waals surface area (Å²) in [5.41, 5.74) is 0. The van der Waals surface area contributed by atoms with Crippen LogP contribution >= 0.6 is 0 Å². The summed E-state index contributed by atoms with van der Waals surface area (Å²) in [4.78, 5) is 0. The number of unbranched alkanes of at least 4 members (excludes halogenated alkanes) is 3. The summed E-state index contributed by atoms with van der Waals surface area (Å²) in [5, 5.41) is 3.51. The zero-order valence-electron chi connectivity index (χ0n) is 16.8. The Balaban J connectivity index is 3.58. The van der Waals surface area contributed by atoms with Crippen molar-refractivity contribution in [1.29, 1.82) is 0 Å². The van der Waals surface area contributed by atoms with Gasteiger partial charge in [0.1, 0.15) is 0 Å². The van der Waals surface area contributed by atoms with E-state index in [4.69, 9.17) is 18.0 Å². The fourth-order valence-electron chi connectivity index (χ4n) is 2.62. The molecule has 0 unspecified atom stereocenters. The van der Waals surface area contributed by atoms with E-state index in [9.17, 15) is 0 Å². The van der Waals surface area contributed by atoms with Gasteiger partial charge in [-0.05, 0) is 72.4 Å². The van der Waals surface area contributed by atoms with Gasteiger partial charge in [0.2, 0.25) is 0 Å². The molecule has 0 rings (SSSR count). The van der Waals surface area contributed by atoms with Crippen LogP contribution in [-0.4, -0.2) is 54.9 Å². The Kier molecular flexibility index (Phi) is 18.4. The van der Waals surface area contributed by atoms with Crippen LogP contribution in [0.4, 0.5) is 0 Å². The zero-order valence-corrected chi connectivity index (χ0v) is 17.8. The summed E-state index contributed by atoms with van der Waals surface area (Å²) in [6.07, 6.45) is 8.65. The maximum absolute atomic E-state index is 5.86. The van der Waals surface area contributed by atoms with E-state index in [0.29, 0.717) is 19.8 Å². The molecule has 0 aromatic carbocycles. The van der Waals surface area contributed by atoms with E-state index in [0.717, 1.165) is 58.0 Å². The van der Waals surface area contributed by atoms with E-state index < -0.39 is 8.80 Å². The maximum Gasteiger partial charge on any atom is 0.500 e. The summed E-state index contributed by atoms with van der Waals surface area (Å²) in [6, 6.07) is 0.883. The zero-order chi connectivity index (χ0) is 18.6. The van der Waals surface area contributed by atoms with Gasteiger partial charge in [0, 0.05) is 39.1 Å². The lowest BCUT2D eigenvalue weighted by atomic mass is 10.2. The highest BCUT2D eigenvalue weighted by molar-refractivity contribution is 6.60. The molecule has 0 bridgehead atoms. The van der Waals surface area contributed by atoms with Gasteiger partial charge in [-0.25, -0.2) is 0 Å². The van der Waals surface area contributed by atoms with E-state index in [1.54, 1.807) is 0 Å². The number of ether oxygens (including phenoxy) is 1. The van der Waals surface area contributed by atoms with Crippen molar-refractivity contribution >= 4 is 8.80 Å². The quantitative estimate of drug-likeness (QED) is 0.197. The first kappa shape index (κ1) is 24.8. The van der Waals surface area contributed by atoms with Crippen molar-refractivity contribution in [1.82, 2.24) is 5.32 Å². The van der Waals surface area contributed by atoms with Gasteiger partial charge in [-0.3, -0.25) is 0 Å². The van der Waals surface area contributed by atoms with E-state index in [2.05, 4.69) is 11.9 Å². The van der Waals surface area contributed by atoms with Crippen LogP contribution in [0.25, 0.3) is 0 Å². The van der Waals surface area contributed by atoms with Gasteiger partial charge in [-0.15, -0.1) is 6.58 Å². The second-order valence-electron chi connectivity index (χ2n) is 5.94. The molecule has 0 heterocycles. The average molecular weight is 376 g/mol. The molecule has 0 saturated heterocycles. The molecule has 1 N–H and O–H groups in total. The molecular formula is C19H41NO4Si. The Morgan fingerprint density at radius 3 is 2.00 bits per heavy atom. The van der Waals surface area contributed by atoms with Crippen molar-refractivity contribution in [2.75, 3.05) is 46.1 Å². The van der Waals surface area contributed by atoms with Crippen molar-refractivity contribution in [2.45, 2.75) is 65.3 Å². The second-order valence-corrected chi connectivity index (χ2v) is 8.67. The Labute approximate surface area is 156 Å². The first-order valence-electron chi connectivity index (χ1n) is 10.1. The third kappa shape index (κ3) is 14.6. The van der Waals surface area contributed by atoms with Gasteiger partial charge in [0.15, 0.2) is 0 Å². The molecule has 0 atom stereocenters. The minimum Gasteiger partial charge on any atom is -0.381 e. The van der Waals surface area contributed by atoms with Crippen molar-refractivity contribution in [3.8, 4) is 0 Å². The molecule has 150 valence electrons. The summed E-state index contributed by atoms with van der Waals surface area (Å²) in [6.45, 7) is 15.4. The largest absolute Gasteiger partial charge is 0.500 e. The second kappa shape index (κ2) is 18.5. The van der Waals surface area contributed by atoms with Gasteiger partial charge in [-0.2, -0.15) is 0 Å². The van der Waals surface area contributed by atoms with Crippen LogP contribution in [0.2, 0.25) is 6.04 Å². The Hall–Kier alpha value is -0.243. The molecule has 0 aliphatic heterocycles. The summed E-state index contributed by atoms with van der Waals surface area (Å²) in [7, 11) is -2.46. The normalized spacial score (nSPS) is 11.8. The van der Waals surface area contributed by atoms with Gasteiger partial charge in [-0.1, -0.05) is 6.08 Å². The molecule has 0 saturated carbocycles. The van der Waals surface area contributed by atoms with Gasteiger partial charge < -0.3 is 23.3 Å². The lowest BCUT2D eigenvalue weighted by Gasteiger charge is -2.28. The van der Waals surface area contributed by atoms with Crippen LogP contribution in [0.15, 0.2) is 12.7 Å². The molecule has 25 heavy (non-hydrogen) atoms. The molecule has 0 radical (unpaired) electrons. The van der Waals surface area contributed by atoms with E-state index >= 15 is 0 Å². The van der Waals surface area contributed by atoms with E-state index in [1.807, 2.05) is 26.8 Å². The predicted octanol–water partition coefficient (Wildman–Crippen LogP) is 4.17. The van der Waals surface area contributed by atoms with Crippen molar-refractivity contribution in [2.24, 2.45) is 0 Å². The fraction of sp³-hybridized carbons (Fsp3) is 0.895. The number of allylic oxidation sites excluding steroid dienone is 1. The van der Waals surface area contributed by atoms with Gasteiger partial charge in [0.05, 0.1) is 0 Å². The predicted molar refractivity (Wildman–Crippen MR) is 107 cm³/mol. The molecule has 0 aliphatic carbocycles. The molecular weight excluding hydrogens is 334 g/mol. The number of hydrogen-bond acceptors (Lipinski definition) is 5. The van der Waals surface area contributed by atoms with Gasteiger partial charge >= 0.3 is 8.80 Å². The van der Waals surface area contributed by atoms with Crippen LogP contribution < -0.4 is 5.32 Å². The first-order chi connectivity index (χ1) is 12.2. The van der Waals surface area contributed by atoms with Gasteiger partial charge in [0.25, 0.3) is 0 Å². The SMILES string of the molecule is C=CCCCOCCCCCNCCC[Si](OCC)(OCC)OCC. The minimum atomic E-state index is -2.46. The average Bonchev–Trinajstić information content (AvgIpc) is 2.60. The summed E-state index contributed by atoms with van der Waals surface area (Å²) >= 11 is 0. The highest BCUT2D eigenvalue weighted by Crippen LogP contribution is 2.17. The summed E-state index contributed by atoms with van der Waals surface area (Å²) in [5.74, 6) is 0.